The molecule has 11 heteroatoms. The number of aliphatic hydroxyl groups is 1. The van der Waals surface area contributed by atoms with Crippen LogP contribution in [0.1, 0.15) is 56.3 Å². The van der Waals surface area contributed by atoms with Crippen LogP contribution in [-0.2, 0) is 29.2 Å². The van der Waals surface area contributed by atoms with Crippen molar-refractivity contribution in [2.45, 2.75) is 56.4 Å². The first-order valence-corrected chi connectivity index (χ1v) is 14.1. The van der Waals surface area contributed by atoms with Crippen LogP contribution >= 0.6 is 0 Å². The summed E-state index contributed by atoms with van der Waals surface area (Å²) >= 11 is 0. The molecular weight excluding hydrogens is 535 g/mol. The summed E-state index contributed by atoms with van der Waals surface area (Å²) in [5.74, 6) is -2.39. The summed E-state index contributed by atoms with van der Waals surface area (Å²) in [7, 11) is -4.79. The molecule has 4 aliphatic carbocycles. The van der Waals surface area contributed by atoms with Gasteiger partial charge in [0.05, 0.1) is 10.5 Å². The largest absolute Gasteiger partial charge is 1.00 e. The van der Waals surface area contributed by atoms with Crippen molar-refractivity contribution < 1.29 is 71.5 Å². The topological polar surface area (TPSA) is 155 Å². The van der Waals surface area contributed by atoms with Gasteiger partial charge in [-0.3, -0.25) is 14.4 Å². The Labute approximate surface area is 249 Å². The average molecular weight is 565 g/mol. The number of rotatable bonds is 5. The Balaban J connectivity index is 0.00000353. The van der Waals surface area contributed by atoms with Gasteiger partial charge in [-0.15, -0.1) is 0 Å². The van der Waals surface area contributed by atoms with Crippen molar-refractivity contribution in [2.75, 3.05) is 6.61 Å². The predicted molar refractivity (Wildman–Crippen MR) is 132 cm³/mol. The Hall–Kier alpha value is -1.95. The van der Waals surface area contributed by atoms with E-state index in [1.54, 1.807) is 13.0 Å². The fourth-order valence-electron chi connectivity index (χ4n) is 7.60. The third-order valence-corrected chi connectivity index (χ3v) is 10.4. The second-order valence-corrected chi connectivity index (χ2v) is 12.8. The maximum atomic E-state index is 13.7. The molecule has 0 spiro atoms. The number of ketones is 3. The number of carbonyl (C=O) groups excluding carboxylic acids is 4. The van der Waals surface area contributed by atoms with Crippen molar-refractivity contribution in [3.63, 3.8) is 0 Å². The molecule has 0 bridgehead atoms. The maximum Gasteiger partial charge on any atom is 1.00 e. The normalized spacial score (nSPS) is 35.2. The van der Waals surface area contributed by atoms with Crippen molar-refractivity contribution in [1.82, 2.24) is 0 Å². The number of allylic oxidation sites excluding steroid dienone is 4. The molecule has 0 saturated heterocycles. The minimum absolute atomic E-state index is 0. The van der Waals surface area contributed by atoms with Crippen molar-refractivity contribution in [2.24, 2.45) is 28.6 Å². The van der Waals surface area contributed by atoms with E-state index in [9.17, 15) is 37.3 Å². The number of carbonyl (C=O) groups is 4. The number of Topliss-reactive ketones (excluding diaryl/α,β-unsaturated/α-hetero) is 2. The van der Waals surface area contributed by atoms with Crippen LogP contribution in [0.5, 0.6) is 0 Å². The minimum Gasteiger partial charge on any atom is -0.744 e. The third kappa shape index (κ3) is 4.73. The van der Waals surface area contributed by atoms with Gasteiger partial charge in [-0.2, -0.15) is 0 Å². The zero-order valence-corrected chi connectivity index (χ0v) is 25.0. The molecule has 4 aliphatic rings. The molecule has 3 fully saturated rings. The summed E-state index contributed by atoms with van der Waals surface area (Å²) in [6, 6.07) is 4.39. The Bertz CT molecular complexity index is 1430. The Morgan fingerprint density at radius 2 is 1.90 bits per heavy atom. The molecule has 1 N–H and O–H groups in total. The number of esters is 1. The summed E-state index contributed by atoms with van der Waals surface area (Å²) in [6.45, 7) is 2.98. The fourth-order valence-corrected chi connectivity index (χ4v) is 8.12. The average Bonchev–Trinajstić information content (AvgIpc) is 3.13. The molecule has 1 aromatic carbocycles. The maximum absolute atomic E-state index is 13.7. The van der Waals surface area contributed by atoms with Crippen LogP contribution in [0.3, 0.4) is 0 Å². The van der Waals surface area contributed by atoms with E-state index >= 15 is 0 Å². The summed E-state index contributed by atoms with van der Waals surface area (Å²) in [5, 5.41) is 11.7. The standard InChI is InChI=1S/C28H30O9S.Na/c1-26-10-8-18(29)13-17(26)6-7-20-21-9-11-28(33,27(21,2)14-22(30)24(20)26)23(31)15-37-25(32)16-4-3-5-19(12-16)38(34,35)36;/h3-5,8,10,12-13,20-21,24,33H,6-7,9,11,14-15H2,1-2H3,(H,34,35,36);/q;+1/p-1/t20-,21-,24+,26-,27-,28-;/m0./s1. The monoisotopic (exact) mass is 564 g/mol. The molecule has 0 aromatic heterocycles. The molecule has 0 heterocycles. The summed E-state index contributed by atoms with van der Waals surface area (Å²) in [5.41, 5.74) is -2.76. The third-order valence-electron chi connectivity index (χ3n) is 9.56. The Morgan fingerprint density at radius 1 is 1.18 bits per heavy atom. The summed E-state index contributed by atoms with van der Waals surface area (Å²) < 4.78 is 38.9. The first-order valence-electron chi connectivity index (χ1n) is 12.7. The molecule has 9 nitrogen and oxygen atoms in total. The van der Waals surface area contributed by atoms with Gasteiger partial charge < -0.3 is 14.4 Å². The van der Waals surface area contributed by atoms with Gasteiger partial charge in [-0.25, -0.2) is 13.2 Å². The quantitative estimate of drug-likeness (QED) is 0.284. The molecule has 39 heavy (non-hydrogen) atoms. The SMILES string of the molecule is C[C@]12C=CC(=O)C=C1CC[C@@H]1[C@@H]2C(=O)C[C@@]2(C)[C@H]1CC[C@]2(O)C(=O)COC(=O)c1cccc(S(=O)(=O)[O-])c1.[Na+]. The van der Waals surface area contributed by atoms with Gasteiger partial charge in [0, 0.05) is 23.2 Å². The van der Waals surface area contributed by atoms with E-state index in [1.165, 1.54) is 18.2 Å². The van der Waals surface area contributed by atoms with E-state index in [4.69, 9.17) is 4.74 Å². The van der Waals surface area contributed by atoms with E-state index in [0.29, 0.717) is 19.3 Å². The van der Waals surface area contributed by atoms with Crippen molar-refractivity contribution >= 4 is 33.4 Å². The van der Waals surface area contributed by atoms with Gasteiger partial charge in [-0.1, -0.05) is 31.6 Å². The van der Waals surface area contributed by atoms with Crippen molar-refractivity contribution in [3.05, 3.63) is 53.6 Å². The predicted octanol–water partition coefficient (Wildman–Crippen LogP) is -0.461. The zero-order valence-electron chi connectivity index (χ0n) is 22.1. The van der Waals surface area contributed by atoms with Crippen LogP contribution in [0.25, 0.3) is 0 Å². The van der Waals surface area contributed by atoms with E-state index in [-0.39, 0.29) is 77.3 Å². The van der Waals surface area contributed by atoms with Crippen LogP contribution < -0.4 is 29.6 Å². The second kappa shape index (κ2) is 10.2. The second-order valence-electron chi connectivity index (χ2n) is 11.4. The molecule has 0 radical (unpaired) electrons. The number of fused-ring (bicyclic) bond motifs is 5. The van der Waals surface area contributed by atoms with Crippen LogP contribution in [-0.4, -0.2) is 53.6 Å². The molecule has 0 unspecified atom stereocenters. The number of benzene rings is 1. The van der Waals surface area contributed by atoms with Gasteiger partial charge in [0.1, 0.15) is 21.5 Å². The first-order chi connectivity index (χ1) is 17.7. The van der Waals surface area contributed by atoms with Crippen LogP contribution in [0, 0.1) is 28.6 Å². The van der Waals surface area contributed by atoms with Crippen molar-refractivity contribution in [3.8, 4) is 0 Å². The Morgan fingerprint density at radius 3 is 2.59 bits per heavy atom. The van der Waals surface area contributed by atoms with E-state index in [1.807, 2.05) is 13.0 Å². The summed E-state index contributed by atoms with van der Waals surface area (Å²) in [4.78, 5) is 50.9. The molecule has 5 rings (SSSR count). The Kier molecular flexibility index (Phi) is 7.81. The molecule has 0 aliphatic heterocycles. The molecule has 6 atom stereocenters. The number of ether oxygens (including phenoxy) is 1. The van der Waals surface area contributed by atoms with Crippen molar-refractivity contribution in [1.29, 1.82) is 0 Å². The fraction of sp³-hybridized carbons (Fsp3) is 0.500. The van der Waals surface area contributed by atoms with Gasteiger partial charge in [0.2, 0.25) is 5.78 Å². The van der Waals surface area contributed by atoms with Gasteiger partial charge >= 0.3 is 35.5 Å². The summed E-state index contributed by atoms with van der Waals surface area (Å²) in [6.07, 6.45) is 6.96. The minimum atomic E-state index is -4.79. The molecule has 202 valence electrons. The van der Waals surface area contributed by atoms with E-state index < -0.39 is 49.8 Å². The molecular formula is C28H29NaO9S. The first kappa shape index (κ1) is 30.0. The van der Waals surface area contributed by atoms with Gasteiger partial charge in [0.25, 0.3) is 0 Å². The van der Waals surface area contributed by atoms with Crippen LogP contribution in [0.15, 0.2) is 53.0 Å². The molecule has 1 aromatic rings. The molecule has 3 saturated carbocycles. The number of hydrogen-bond acceptors (Lipinski definition) is 9. The van der Waals surface area contributed by atoms with Gasteiger partial charge in [0.15, 0.2) is 12.4 Å². The van der Waals surface area contributed by atoms with E-state index in [0.717, 1.165) is 17.7 Å². The zero-order chi connectivity index (χ0) is 27.7. The smallest absolute Gasteiger partial charge is 0.744 e. The number of hydrogen-bond donors (Lipinski definition) is 1. The van der Waals surface area contributed by atoms with E-state index in [2.05, 4.69) is 0 Å². The van der Waals surface area contributed by atoms with Crippen LogP contribution in [0.2, 0.25) is 0 Å². The van der Waals surface area contributed by atoms with Gasteiger partial charge in [-0.05, 0) is 67.9 Å². The van der Waals surface area contributed by atoms with Crippen LogP contribution in [0.4, 0.5) is 0 Å². The molecule has 0 amide bonds.